The van der Waals surface area contributed by atoms with Crippen molar-refractivity contribution in [3.8, 4) is 0 Å². The van der Waals surface area contributed by atoms with Gasteiger partial charge in [0, 0.05) is 20.1 Å². The zero-order chi connectivity index (χ0) is 11.8. The molecule has 4 heteroatoms. The molecule has 0 aliphatic carbocycles. The topological polar surface area (TPSA) is 53.6 Å². The van der Waals surface area contributed by atoms with Gasteiger partial charge in [0.2, 0.25) is 5.96 Å². The molecule has 0 rings (SSSR count). The van der Waals surface area contributed by atoms with Crippen LogP contribution in [-0.2, 0) is 0 Å². The van der Waals surface area contributed by atoms with Crippen LogP contribution in [0.1, 0.15) is 34.1 Å². The lowest BCUT2D eigenvalue weighted by Crippen LogP contribution is -2.44. The third-order valence-electron chi connectivity index (χ3n) is 2.38. The van der Waals surface area contributed by atoms with Gasteiger partial charge >= 0.3 is 0 Å². The van der Waals surface area contributed by atoms with Crippen LogP contribution in [0.2, 0.25) is 0 Å². The van der Waals surface area contributed by atoms with E-state index < -0.39 is 0 Å². The molecule has 0 saturated heterocycles. The van der Waals surface area contributed by atoms with Gasteiger partial charge in [0.25, 0.3) is 0 Å². The van der Waals surface area contributed by atoms with Gasteiger partial charge in [0.1, 0.15) is 0 Å². The Labute approximate surface area is 93.9 Å². The van der Waals surface area contributed by atoms with Gasteiger partial charge in [-0.25, -0.2) is 5.84 Å². The summed E-state index contributed by atoms with van der Waals surface area (Å²) >= 11 is 0. The molecule has 0 aromatic heterocycles. The molecule has 0 saturated carbocycles. The number of guanidine groups is 1. The first-order valence-electron chi connectivity index (χ1n) is 5.73. The van der Waals surface area contributed by atoms with Crippen molar-refractivity contribution in [1.29, 1.82) is 0 Å². The van der Waals surface area contributed by atoms with Crippen LogP contribution < -0.4 is 11.3 Å². The van der Waals surface area contributed by atoms with Crippen LogP contribution in [0.4, 0.5) is 0 Å². The van der Waals surface area contributed by atoms with Crippen LogP contribution in [0.5, 0.6) is 0 Å². The summed E-state index contributed by atoms with van der Waals surface area (Å²) in [7, 11) is 2.02. The van der Waals surface area contributed by atoms with Gasteiger partial charge in [-0.05, 0) is 11.8 Å². The van der Waals surface area contributed by atoms with Crippen molar-refractivity contribution < 1.29 is 0 Å². The summed E-state index contributed by atoms with van der Waals surface area (Å²) in [5.41, 5.74) is 2.66. The number of nitrogens with zero attached hydrogens (tertiary/aromatic N) is 2. The van der Waals surface area contributed by atoms with Crippen molar-refractivity contribution in [2.75, 3.05) is 20.1 Å². The number of hydrogen-bond acceptors (Lipinski definition) is 2. The van der Waals surface area contributed by atoms with Crippen LogP contribution >= 0.6 is 0 Å². The van der Waals surface area contributed by atoms with Gasteiger partial charge in [0.15, 0.2) is 0 Å². The molecule has 0 aromatic rings. The molecule has 1 atom stereocenters. The summed E-state index contributed by atoms with van der Waals surface area (Å²) < 4.78 is 0. The van der Waals surface area contributed by atoms with Crippen LogP contribution in [-0.4, -0.2) is 31.0 Å². The maximum absolute atomic E-state index is 5.45. The average Bonchev–Trinajstić information content (AvgIpc) is 2.18. The van der Waals surface area contributed by atoms with Crippen molar-refractivity contribution >= 4 is 5.96 Å². The standard InChI is InChI=1S/C11H26N4/c1-6-10(4)8-15(5)11(14-12)13-7-9(2)3/h9-10H,6-8,12H2,1-5H3,(H,13,14). The second-order valence-corrected chi connectivity index (χ2v) is 4.60. The van der Waals surface area contributed by atoms with Crippen LogP contribution in [0.15, 0.2) is 4.99 Å². The molecule has 1 unspecified atom stereocenters. The highest BCUT2D eigenvalue weighted by Gasteiger charge is 2.08. The first kappa shape index (κ1) is 14.2. The molecule has 0 heterocycles. The van der Waals surface area contributed by atoms with E-state index in [9.17, 15) is 0 Å². The molecular formula is C11H26N4. The second kappa shape index (κ2) is 7.51. The predicted molar refractivity (Wildman–Crippen MR) is 66.5 cm³/mol. The van der Waals surface area contributed by atoms with Gasteiger partial charge in [-0.3, -0.25) is 10.4 Å². The molecule has 3 N–H and O–H groups in total. The van der Waals surface area contributed by atoms with Crippen LogP contribution in [0, 0.1) is 11.8 Å². The molecule has 0 aliphatic rings. The van der Waals surface area contributed by atoms with Crippen LogP contribution in [0.3, 0.4) is 0 Å². The van der Waals surface area contributed by atoms with Crippen molar-refractivity contribution in [2.45, 2.75) is 34.1 Å². The predicted octanol–water partition coefficient (Wildman–Crippen LogP) is 1.44. The highest BCUT2D eigenvalue weighted by Crippen LogP contribution is 2.03. The first-order chi connectivity index (χ1) is 7.01. The third kappa shape index (κ3) is 6.33. The van der Waals surface area contributed by atoms with Crippen molar-refractivity contribution in [3.05, 3.63) is 0 Å². The summed E-state index contributed by atoms with van der Waals surface area (Å²) in [5.74, 6) is 7.46. The normalized spacial score (nSPS) is 14.2. The quantitative estimate of drug-likeness (QED) is 0.315. The number of nitrogens with one attached hydrogen (secondary N) is 1. The van der Waals surface area contributed by atoms with Gasteiger partial charge in [-0.2, -0.15) is 0 Å². The van der Waals surface area contributed by atoms with E-state index in [4.69, 9.17) is 5.84 Å². The number of hydrogen-bond donors (Lipinski definition) is 2. The van der Waals surface area contributed by atoms with E-state index in [1.807, 2.05) is 7.05 Å². The SMILES string of the molecule is CCC(C)CN(C)C(=NCC(C)C)NN. The molecule has 0 aliphatic heterocycles. The van der Waals surface area contributed by atoms with Crippen molar-refractivity contribution in [1.82, 2.24) is 10.3 Å². The van der Waals surface area contributed by atoms with Gasteiger partial charge in [-0.1, -0.05) is 34.1 Å². The second-order valence-electron chi connectivity index (χ2n) is 4.60. The van der Waals surface area contributed by atoms with Crippen molar-refractivity contribution in [3.63, 3.8) is 0 Å². The largest absolute Gasteiger partial charge is 0.345 e. The highest BCUT2D eigenvalue weighted by atomic mass is 15.4. The maximum Gasteiger partial charge on any atom is 0.208 e. The molecular weight excluding hydrogens is 188 g/mol. The Kier molecular flexibility index (Phi) is 7.13. The number of aliphatic imine (C=N–C) groups is 1. The molecule has 0 spiro atoms. The number of rotatable bonds is 5. The fourth-order valence-electron chi connectivity index (χ4n) is 1.23. The molecule has 4 nitrogen and oxygen atoms in total. The Morgan fingerprint density at radius 1 is 1.40 bits per heavy atom. The van der Waals surface area contributed by atoms with E-state index in [2.05, 4.69) is 43.0 Å². The minimum atomic E-state index is 0.561. The first-order valence-corrected chi connectivity index (χ1v) is 5.73. The minimum absolute atomic E-state index is 0.561. The number of nitrogens with two attached hydrogens (primary N) is 1. The molecule has 0 radical (unpaired) electrons. The van der Waals surface area contributed by atoms with Crippen LogP contribution in [0.25, 0.3) is 0 Å². The summed E-state index contributed by atoms with van der Waals surface area (Å²) in [5, 5.41) is 0. The summed E-state index contributed by atoms with van der Waals surface area (Å²) in [6.45, 7) is 10.5. The molecule has 15 heavy (non-hydrogen) atoms. The fraction of sp³-hybridized carbons (Fsp3) is 0.909. The Morgan fingerprint density at radius 2 is 2.00 bits per heavy atom. The van der Waals surface area contributed by atoms with Gasteiger partial charge in [-0.15, -0.1) is 0 Å². The lowest BCUT2D eigenvalue weighted by Gasteiger charge is -2.23. The van der Waals surface area contributed by atoms with E-state index in [0.29, 0.717) is 11.8 Å². The van der Waals surface area contributed by atoms with Gasteiger partial charge in [0.05, 0.1) is 0 Å². The minimum Gasteiger partial charge on any atom is -0.345 e. The molecule has 90 valence electrons. The molecule has 0 fully saturated rings. The monoisotopic (exact) mass is 214 g/mol. The smallest absolute Gasteiger partial charge is 0.208 e. The Balaban J connectivity index is 4.20. The Hall–Kier alpha value is -0.770. The number of hydrazine groups is 1. The van der Waals surface area contributed by atoms with E-state index >= 15 is 0 Å². The lowest BCUT2D eigenvalue weighted by molar-refractivity contribution is 0.384. The molecule has 0 bridgehead atoms. The Bertz CT molecular complexity index is 189. The zero-order valence-electron chi connectivity index (χ0n) is 10.7. The lowest BCUT2D eigenvalue weighted by atomic mass is 10.1. The van der Waals surface area contributed by atoms with E-state index in [0.717, 1.165) is 19.0 Å². The maximum atomic E-state index is 5.45. The summed E-state index contributed by atoms with van der Waals surface area (Å²) in [6.07, 6.45) is 1.17. The summed E-state index contributed by atoms with van der Waals surface area (Å²) in [6, 6.07) is 0. The van der Waals surface area contributed by atoms with Gasteiger partial charge < -0.3 is 4.90 Å². The Morgan fingerprint density at radius 3 is 2.40 bits per heavy atom. The van der Waals surface area contributed by atoms with E-state index in [1.165, 1.54) is 6.42 Å². The fourth-order valence-corrected chi connectivity index (χ4v) is 1.23. The van der Waals surface area contributed by atoms with Crippen molar-refractivity contribution in [2.24, 2.45) is 22.7 Å². The highest BCUT2D eigenvalue weighted by molar-refractivity contribution is 5.79. The van der Waals surface area contributed by atoms with E-state index in [-0.39, 0.29) is 0 Å². The third-order valence-corrected chi connectivity index (χ3v) is 2.38. The average molecular weight is 214 g/mol. The molecule has 0 amide bonds. The van der Waals surface area contributed by atoms with E-state index in [1.54, 1.807) is 0 Å². The zero-order valence-corrected chi connectivity index (χ0v) is 10.7. The molecule has 0 aromatic carbocycles. The summed E-state index contributed by atoms with van der Waals surface area (Å²) in [4.78, 5) is 6.52.